The van der Waals surface area contributed by atoms with E-state index in [9.17, 15) is 29.1 Å². The fraction of sp³-hybridized carbons (Fsp3) is 0.393. The summed E-state index contributed by atoms with van der Waals surface area (Å²) in [6, 6.07) is 13.7. The fourth-order valence-corrected chi connectivity index (χ4v) is 4.36. The van der Waals surface area contributed by atoms with E-state index in [1.165, 1.54) is 11.8 Å². The Bertz CT molecular complexity index is 1130. The minimum atomic E-state index is -1.38. The van der Waals surface area contributed by atoms with Crippen molar-refractivity contribution in [3.8, 4) is 0 Å². The molecule has 40 heavy (non-hydrogen) atoms. The van der Waals surface area contributed by atoms with Gasteiger partial charge in [0.15, 0.2) is 0 Å². The number of carboxylic acids is 1. The third kappa shape index (κ3) is 11.5. The van der Waals surface area contributed by atoms with E-state index in [1.807, 2.05) is 36.6 Å². The Balaban J connectivity index is 2.18. The van der Waals surface area contributed by atoms with E-state index in [4.69, 9.17) is 11.5 Å². The SMILES string of the molecule is CSCCC(NC(=O)C(N)Cc1ccccc1)C(=O)NC(Cc1ccccc1)C(=O)NC(CCC(N)=O)C(=O)O. The quantitative estimate of drug-likeness (QED) is 0.157. The van der Waals surface area contributed by atoms with Gasteiger partial charge in [0.25, 0.3) is 0 Å². The van der Waals surface area contributed by atoms with E-state index in [2.05, 4.69) is 16.0 Å². The number of amides is 4. The van der Waals surface area contributed by atoms with Crippen molar-refractivity contribution in [2.75, 3.05) is 12.0 Å². The Morgan fingerprint density at radius 1 is 0.750 bits per heavy atom. The van der Waals surface area contributed by atoms with Crippen LogP contribution in [0.3, 0.4) is 0 Å². The first-order chi connectivity index (χ1) is 19.1. The molecule has 2 aromatic carbocycles. The number of rotatable bonds is 17. The number of benzene rings is 2. The molecule has 0 aromatic heterocycles. The van der Waals surface area contributed by atoms with E-state index < -0.39 is 53.8 Å². The molecule has 0 heterocycles. The molecule has 216 valence electrons. The molecule has 4 unspecified atom stereocenters. The number of aliphatic carboxylic acids is 1. The number of nitrogens with one attached hydrogen (secondary N) is 3. The fourth-order valence-electron chi connectivity index (χ4n) is 3.89. The second-order valence-corrected chi connectivity index (χ2v) is 10.3. The van der Waals surface area contributed by atoms with Gasteiger partial charge in [-0.1, -0.05) is 60.7 Å². The number of carbonyl (C=O) groups excluding carboxylic acids is 4. The van der Waals surface area contributed by atoms with Gasteiger partial charge >= 0.3 is 5.97 Å². The summed E-state index contributed by atoms with van der Waals surface area (Å²) in [7, 11) is 0. The van der Waals surface area contributed by atoms with Crippen LogP contribution in [0.2, 0.25) is 0 Å². The molecule has 0 spiro atoms. The molecule has 0 saturated heterocycles. The molecule has 0 aliphatic heterocycles. The second-order valence-electron chi connectivity index (χ2n) is 9.29. The normalized spacial score (nSPS) is 13.8. The van der Waals surface area contributed by atoms with Gasteiger partial charge in [-0.3, -0.25) is 19.2 Å². The van der Waals surface area contributed by atoms with Gasteiger partial charge in [0.1, 0.15) is 18.1 Å². The van der Waals surface area contributed by atoms with Gasteiger partial charge in [-0.2, -0.15) is 11.8 Å². The maximum Gasteiger partial charge on any atom is 0.326 e. The highest BCUT2D eigenvalue weighted by Crippen LogP contribution is 2.09. The summed E-state index contributed by atoms with van der Waals surface area (Å²) in [6.07, 6.45) is 2.06. The zero-order valence-electron chi connectivity index (χ0n) is 22.4. The Morgan fingerprint density at radius 3 is 1.77 bits per heavy atom. The number of thioether (sulfide) groups is 1. The molecular weight excluding hydrogens is 534 g/mol. The van der Waals surface area contributed by atoms with Crippen LogP contribution in [0.15, 0.2) is 60.7 Å². The van der Waals surface area contributed by atoms with Gasteiger partial charge in [-0.05, 0) is 42.4 Å². The monoisotopic (exact) mass is 571 g/mol. The van der Waals surface area contributed by atoms with Gasteiger partial charge in [-0.25, -0.2) is 4.79 Å². The summed E-state index contributed by atoms with van der Waals surface area (Å²) >= 11 is 1.49. The number of nitrogens with two attached hydrogens (primary N) is 2. The van der Waals surface area contributed by atoms with Gasteiger partial charge in [0.2, 0.25) is 23.6 Å². The molecule has 12 heteroatoms. The topological polar surface area (TPSA) is 194 Å². The first kappa shape index (κ1) is 32.3. The predicted octanol–water partition coefficient (Wildman–Crippen LogP) is 0.357. The van der Waals surface area contributed by atoms with Crippen molar-refractivity contribution >= 4 is 41.4 Å². The Hall–Kier alpha value is -3.90. The molecule has 11 nitrogen and oxygen atoms in total. The van der Waals surface area contributed by atoms with Crippen LogP contribution in [0.5, 0.6) is 0 Å². The van der Waals surface area contributed by atoms with Crippen LogP contribution in [0.4, 0.5) is 0 Å². The zero-order chi connectivity index (χ0) is 29.5. The predicted molar refractivity (Wildman–Crippen MR) is 153 cm³/mol. The van der Waals surface area contributed by atoms with Crippen molar-refractivity contribution < 1.29 is 29.1 Å². The largest absolute Gasteiger partial charge is 0.480 e. The minimum Gasteiger partial charge on any atom is -0.480 e. The summed E-state index contributed by atoms with van der Waals surface area (Å²) in [5.74, 6) is -3.34. The lowest BCUT2D eigenvalue weighted by atomic mass is 10.0. The Labute approximate surface area is 237 Å². The highest BCUT2D eigenvalue weighted by Gasteiger charge is 2.30. The van der Waals surface area contributed by atoms with E-state index in [0.717, 1.165) is 11.1 Å². The summed E-state index contributed by atoms with van der Waals surface area (Å²) in [4.78, 5) is 62.3. The molecular formula is C28H37N5O6S. The molecule has 2 aromatic rings. The summed E-state index contributed by atoms with van der Waals surface area (Å²) in [5.41, 5.74) is 12.8. The molecule has 0 aliphatic carbocycles. The van der Waals surface area contributed by atoms with E-state index in [1.54, 1.807) is 30.3 Å². The molecule has 4 amide bonds. The van der Waals surface area contributed by atoms with Crippen molar-refractivity contribution in [3.63, 3.8) is 0 Å². The third-order valence-corrected chi connectivity index (χ3v) is 6.73. The minimum absolute atomic E-state index is 0.0668. The van der Waals surface area contributed by atoms with Crippen molar-refractivity contribution in [1.29, 1.82) is 0 Å². The Morgan fingerprint density at radius 2 is 1.25 bits per heavy atom. The van der Waals surface area contributed by atoms with Gasteiger partial charge in [0, 0.05) is 12.8 Å². The summed E-state index contributed by atoms with van der Waals surface area (Å²) in [5, 5.41) is 17.3. The van der Waals surface area contributed by atoms with E-state index in [0.29, 0.717) is 5.75 Å². The number of carboxylic acid groups (broad SMARTS) is 1. The van der Waals surface area contributed by atoms with Crippen LogP contribution >= 0.6 is 11.8 Å². The van der Waals surface area contributed by atoms with Crippen molar-refractivity contribution in [2.24, 2.45) is 11.5 Å². The molecule has 2 rings (SSSR count). The van der Waals surface area contributed by atoms with Crippen LogP contribution in [0.25, 0.3) is 0 Å². The average molecular weight is 572 g/mol. The molecule has 0 fully saturated rings. The van der Waals surface area contributed by atoms with Crippen molar-refractivity contribution in [1.82, 2.24) is 16.0 Å². The number of hydrogen-bond acceptors (Lipinski definition) is 7. The average Bonchev–Trinajstić information content (AvgIpc) is 2.93. The molecule has 4 atom stereocenters. The lowest BCUT2D eigenvalue weighted by Gasteiger charge is -2.25. The highest BCUT2D eigenvalue weighted by atomic mass is 32.2. The van der Waals surface area contributed by atoms with Crippen molar-refractivity contribution in [2.45, 2.75) is 56.3 Å². The van der Waals surface area contributed by atoms with E-state index >= 15 is 0 Å². The summed E-state index contributed by atoms with van der Waals surface area (Å²) in [6.45, 7) is 0. The Kier molecular flexibility index (Phi) is 13.7. The number of carbonyl (C=O) groups is 5. The molecule has 0 radical (unpaired) electrons. The summed E-state index contributed by atoms with van der Waals surface area (Å²) < 4.78 is 0. The zero-order valence-corrected chi connectivity index (χ0v) is 23.2. The standard InChI is InChI=1S/C28H37N5O6S/c1-40-15-14-21(31-25(35)20(29)16-18-8-4-2-5-9-18)26(36)33-23(17-19-10-6-3-7-11-19)27(37)32-22(28(38)39)12-13-24(30)34/h2-11,20-23H,12-17,29H2,1H3,(H2,30,34)(H,31,35)(H,32,37)(H,33,36)(H,38,39). The maximum absolute atomic E-state index is 13.4. The second kappa shape index (κ2) is 16.9. The van der Waals surface area contributed by atoms with Crippen molar-refractivity contribution in [3.05, 3.63) is 71.8 Å². The first-order valence-electron chi connectivity index (χ1n) is 12.8. The van der Waals surface area contributed by atoms with Crippen LogP contribution < -0.4 is 27.4 Å². The van der Waals surface area contributed by atoms with Gasteiger partial charge < -0.3 is 32.5 Å². The van der Waals surface area contributed by atoms with Crippen LogP contribution in [-0.4, -0.2) is 70.9 Å². The van der Waals surface area contributed by atoms with Gasteiger partial charge in [-0.15, -0.1) is 0 Å². The third-order valence-electron chi connectivity index (χ3n) is 6.09. The molecule has 0 saturated carbocycles. The van der Waals surface area contributed by atoms with Crippen LogP contribution in [-0.2, 0) is 36.8 Å². The number of hydrogen-bond donors (Lipinski definition) is 6. The molecule has 0 bridgehead atoms. The number of primary amides is 1. The van der Waals surface area contributed by atoms with Crippen LogP contribution in [0, 0.1) is 0 Å². The first-order valence-corrected chi connectivity index (χ1v) is 14.2. The molecule has 8 N–H and O–H groups in total. The maximum atomic E-state index is 13.4. The van der Waals surface area contributed by atoms with E-state index in [-0.39, 0.29) is 32.1 Å². The molecule has 0 aliphatic rings. The van der Waals surface area contributed by atoms with Crippen LogP contribution in [0.1, 0.15) is 30.4 Å². The highest BCUT2D eigenvalue weighted by molar-refractivity contribution is 7.98. The lowest BCUT2D eigenvalue weighted by Crippen LogP contribution is -2.58. The smallest absolute Gasteiger partial charge is 0.326 e. The lowest BCUT2D eigenvalue weighted by molar-refractivity contribution is -0.142. The van der Waals surface area contributed by atoms with Gasteiger partial charge in [0.05, 0.1) is 6.04 Å².